The molecule has 1 fully saturated rings. The van der Waals surface area contributed by atoms with Gasteiger partial charge in [-0.25, -0.2) is 22.2 Å². The van der Waals surface area contributed by atoms with E-state index in [0.29, 0.717) is 89.0 Å². The average molecular weight is 1740 g/mol. The molecule has 1 aliphatic rings. The number of nitrogens with zero attached hydrogens (tertiary/aromatic N) is 7. The Hall–Kier alpha value is -13.4. The molecule has 10 aromatic heterocycles. The number of rotatable bonds is 17. The van der Waals surface area contributed by atoms with Crippen molar-refractivity contribution in [3.63, 3.8) is 0 Å². The van der Waals surface area contributed by atoms with Gasteiger partial charge in [0.05, 0.1) is 81.4 Å². The largest absolute Gasteiger partial charge is 0.489 e. The first-order chi connectivity index (χ1) is 58.8. The van der Waals surface area contributed by atoms with E-state index in [0.717, 1.165) is 213 Å². The number of nitrogens with two attached hydrogens (primary N) is 3. The minimum absolute atomic E-state index is 0. The smallest absolute Gasteiger partial charge is 0.397 e. The summed E-state index contributed by atoms with van der Waals surface area (Å²) in [6.07, 6.45) is 3.71. The van der Waals surface area contributed by atoms with Crippen LogP contribution < -0.4 is 46.1 Å². The lowest BCUT2D eigenvalue weighted by Crippen LogP contribution is -2.39. The van der Waals surface area contributed by atoms with E-state index in [1.807, 2.05) is 84.9 Å². The number of amidine groups is 1. The zero-order valence-electron chi connectivity index (χ0n) is 64.2. The van der Waals surface area contributed by atoms with Crippen molar-refractivity contribution in [3.8, 4) is 23.0 Å². The van der Waals surface area contributed by atoms with Crippen LogP contribution in [0.5, 0.6) is 23.0 Å². The number of nitrogens with one attached hydrogen (secondary N) is 11. The summed E-state index contributed by atoms with van der Waals surface area (Å²) in [5, 5.41) is 49.4. The molecule has 122 heavy (non-hydrogen) atoms. The van der Waals surface area contributed by atoms with Gasteiger partial charge in [-0.1, -0.05) is 51.5 Å². The third-order valence-electron chi connectivity index (χ3n) is 22.2. The molecule has 1 saturated heterocycles. The van der Waals surface area contributed by atoms with Crippen LogP contribution in [0, 0.1) is 28.7 Å². The average Bonchev–Trinajstić information content (AvgIpc) is 1.59. The summed E-state index contributed by atoms with van der Waals surface area (Å²) in [5.41, 5.74) is 31.0. The number of anilines is 2. The maximum absolute atomic E-state index is 13.9. The summed E-state index contributed by atoms with van der Waals surface area (Å²) in [7, 11) is 0. The maximum Gasteiger partial charge on any atom is 0.397 e. The van der Waals surface area contributed by atoms with Gasteiger partial charge in [0.25, 0.3) is 0 Å². The third-order valence-corrected chi connectivity index (χ3v) is 23.2. The van der Waals surface area contributed by atoms with E-state index in [4.69, 9.17) is 88.0 Å². The first-order valence-corrected chi connectivity index (χ1v) is 40.4. The fraction of sp³-hybridized carbons (Fsp3) is 0.148. The zero-order chi connectivity index (χ0) is 82.6. The van der Waals surface area contributed by atoms with Crippen LogP contribution in [0.3, 0.4) is 0 Å². The molecule has 22 aromatic rings. The van der Waals surface area contributed by atoms with Crippen molar-refractivity contribution in [1.82, 2.24) is 80.9 Å². The molecule has 1 aliphatic heterocycles. The SMILES string of the molecule is Cl.Fc1ccc2[nH]c3c(OC4CCNC4)c4[nH]c5ccc(F)cc5c4cc3c2c1.N=C(N)CCCCOc1c2[nH]c3ccc(F)cc3c2cc2c1[nH]c1ccc(F)cc12.Nc1nn[nH][n+]1CCCOc1c2[nH]c3ccc(Cl)cc3c2cc2c1[nH]c1ccc(Cl)cc12.Nc1nnnn1CCOc1c2[nH]c3ccc(Cl)cc3c2cc2c1[nH]c1ccc(Cl)cc12. The Morgan fingerprint density at radius 2 is 0.762 bits per heavy atom. The fourth-order valence-corrected chi connectivity index (χ4v) is 17.3. The van der Waals surface area contributed by atoms with Gasteiger partial charge >= 0.3 is 5.95 Å². The number of hydrogen-bond donors (Lipinski definition) is 14. The minimum Gasteiger partial charge on any atom is -0.489 e. The number of halogens is 9. The van der Waals surface area contributed by atoms with Gasteiger partial charge in [-0.05, 0) is 206 Å². The van der Waals surface area contributed by atoms with E-state index >= 15 is 0 Å². The molecule has 23 rings (SSSR count). The van der Waals surface area contributed by atoms with Gasteiger partial charge in [-0.2, -0.15) is 4.68 Å². The lowest BCUT2D eigenvalue weighted by atomic mass is 10.1. The highest BCUT2D eigenvalue weighted by molar-refractivity contribution is 6.35. The van der Waals surface area contributed by atoms with Crippen molar-refractivity contribution < 1.29 is 41.2 Å². The molecule has 34 heteroatoms. The third kappa shape index (κ3) is 14.5. The molecule has 25 nitrogen and oxygen atoms in total. The second-order valence-electron chi connectivity index (χ2n) is 29.9. The molecule has 11 heterocycles. The number of unbranched alkanes of at least 4 members (excludes halogenated alkanes) is 1. The van der Waals surface area contributed by atoms with Gasteiger partial charge < -0.3 is 81.3 Å². The van der Waals surface area contributed by atoms with Crippen molar-refractivity contribution in [1.29, 1.82) is 5.41 Å². The van der Waals surface area contributed by atoms with Crippen LogP contribution in [0.4, 0.5) is 29.5 Å². The molecule has 1 unspecified atom stereocenters. The molecule has 17 N–H and O–H groups in total. The standard InChI is InChI=1S/C23H20F2N4O.C22H17Cl2N7O.C22H17F2N3O.C21H15Cl2N7O.ClH/c24-12-4-6-18-14(9-12)16-11-17-15-10-13(25)5-7-19(15)29-22(17)23(21(16)28-18)30-8-2-1-3-20(26)27;23-11-2-4-17-13(8-11)15-10-16-14-9-12(24)3-5-18(14)27-20(16)21(19(15)26-17)32-7-1-6-31-22(25)28-29-30-31;23-11-1-3-18-14(7-11)16-9-17-15-8-12(24)2-4-19(15)27-21(17)22(20(16)26-18)28-13-5-6-25-10-13;22-10-1-3-16-12(7-10)14-9-15-13-8-11(23)2-4-17(13)26-19(15)20(18(14)25-16)31-6-5-30-21(24)27-28-29-30;/h4-7,9-11,28-29H,1-3,8H2,(H3,26,27);2-5,8-10H,1,6-7H2,(H4,25,26,27,28,29,30);1-4,7-9,13,25-27H,5-6,10H2;1-4,7-9,25-26H,5-6H2,(H2,24,27,29);1H/p+1. The predicted molar refractivity (Wildman–Crippen MR) is 480 cm³/mol. The molecule has 0 saturated carbocycles. The van der Waals surface area contributed by atoms with Crippen molar-refractivity contribution in [2.45, 2.75) is 51.3 Å². The first-order valence-electron chi connectivity index (χ1n) is 38.9. The van der Waals surface area contributed by atoms with Crippen LogP contribution in [-0.2, 0) is 13.1 Å². The molecule has 12 aromatic carbocycles. The lowest BCUT2D eigenvalue weighted by molar-refractivity contribution is -0.741. The van der Waals surface area contributed by atoms with Crippen LogP contribution in [0.15, 0.2) is 170 Å². The molecule has 0 aliphatic carbocycles. The number of aromatic amines is 9. The minimum atomic E-state index is -0.319. The van der Waals surface area contributed by atoms with Crippen LogP contribution in [-0.4, -0.2) is 120 Å². The van der Waals surface area contributed by atoms with Crippen molar-refractivity contribution in [2.24, 2.45) is 5.73 Å². The molecule has 0 bridgehead atoms. The van der Waals surface area contributed by atoms with Crippen LogP contribution >= 0.6 is 58.8 Å². The number of benzene rings is 12. The summed E-state index contributed by atoms with van der Waals surface area (Å²) >= 11 is 25.2. The fourth-order valence-electron chi connectivity index (χ4n) is 16.6. The summed E-state index contributed by atoms with van der Waals surface area (Å²) in [6, 6.07) is 50.1. The molecule has 0 amide bonds. The second-order valence-corrected chi connectivity index (χ2v) is 31.7. The first kappa shape index (κ1) is 78.4. The van der Waals surface area contributed by atoms with E-state index < -0.39 is 0 Å². The van der Waals surface area contributed by atoms with E-state index in [2.05, 4.69) is 88.4 Å². The van der Waals surface area contributed by atoms with Gasteiger partial charge in [-0.15, -0.1) is 17.6 Å². The number of aromatic nitrogens is 16. The number of tetrazole rings is 2. The van der Waals surface area contributed by atoms with E-state index in [-0.39, 0.29) is 53.6 Å². The number of aryl methyl sites for hydroxylation is 1. The highest BCUT2D eigenvalue weighted by Crippen LogP contribution is 2.47. The Kier molecular flexibility index (Phi) is 20.5. The molecule has 0 spiro atoms. The van der Waals surface area contributed by atoms with E-state index in [9.17, 15) is 17.6 Å². The van der Waals surface area contributed by atoms with Crippen molar-refractivity contribution in [3.05, 3.63) is 213 Å². The molecule has 1 atom stereocenters. The summed E-state index contributed by atoms with van der Waals surface area (Å²) in [5.74, 6) is 2.32. The van der Waals surface area contributed by atoms with Crippen LogP contribution in [0.2, 0.25) is 20.1 Å². The normalized spacial score (nSPS) is 13.1. The monoisotopic (exact) mass is 1740 g/mol. The zero-order valence-corrected chi connectivity index (χ0v) is 68.0. The molecular formula is C88H71Cl5F4N21O4+. The quantitative estimate of drug-likeness (QED) is 0.0133. The topological polar surface area (TPSA) is 366 Å². The van der Waals surface area contributed by atoms with Crippen molar-refractivity contribution in [2.75, 3.05) is 44.4 Å². The van der Waals surface area contributed by atoms with Crippen molar-refractivity contribution >= 4 is 251 Å². The number of fused-ring (bicyclic) bond motifs is 24. The summed E-state index contributed by atoms with van der Waals surface area (Å²) in [4.78, 5) is 27.4. The van der Waals surface area contributed by atoms with Gasteiger partial charge in [0.15, 0.2) is 23.0 Å². The van der Waals surface area contributed by atoms with Gasteiger partial charge in [0.2, 0.25) is 5.95 Å². The van der Waals surface area contributed by atoms with Gasteiger partial charge in [-0.3, -0.25) is 5.41 Å². The van der Waals surface area contributed by atoms with E-state index in [1.165, 1.54) is 53.2 Å². The molecule has 614 valence electrons. The number of nitrogen functional groups attached to an aromatic ring is 2. The van der Waals surface area contributed by atoms with Crippen LogP contribution in [0.25, 0.3) is 174 Å². The highest BCUT2D eigenvalue weighted by atomic mass is 35.5. The summed E-state index contributed by atoms with van der Waals surface area (Å²) < 4.78 is 84.1. The highest BCUT2D eigenvalue weighted by Gasteiger charge is 2.27. The Morgan fingerprint density at radius 1 is 0.426 bits per heavy atom. The van der Waals surface area contributed by atoms with Gasteiger partial charge in [0.1, 0.15) is 41.2 Å². The molecule has 0 radical (unpaired) electrons. The summed E-state index contributed by atoms with van der Waals surface area (Å²) in [6.45, 7) is 3.97. The number of hydrogen-bond acceptors (Lipinski definition) is 13. The molecular weight excluding hydrogens is 1670 g/mol. The van der Waals surface area contributed by atoms with Crippen LogP contribution in [0.1, 0.15) is 32.1 Å². The number of ether oxygens (including phenoxy) is 4. The Balaban J connectivity index is 0.000000107. The second kappa shape index (κ2) is 31.9. The van der Waals surface area contributed by atoms with Gasteiger partial charge in [0, 0.05) is 170 Å². The lowest BCUT2D eigenvalue weighted by Gasteiger charge is -2.14. The van der Waals surface area contributed by atoms with E-state index in [1.54, 1.807) is 28.9 Å². The Bertz CT molecular complexity index is 7540. The predicted octanol–water partition coefficient (Wildman–Crippen LogP) is 20.7. The Morgan fingerprint density at radius 3 is 1.08 bits per heavy atom. The Labute approximate surface area is 711 Å². The number of H-pyrrole nitrogens is 9. The maximum atomic E-state index is 13.9.